The van der Waals surface area contributed by atoms with Crippen molar-refractivity contribution in [3.63, 3.8) is 0 Å². The lowest BCUT2D eigenvalue weighted by molar-refractivity contribution is -0.398. The summed E-state index contributed by atoms with van der Waals surface area (Å²) < 4.78 is 10.5. The molecule has 0 aromatic rings. The molecule has 0 rings (SSSR count). The van der Waals surface area contributed by atoms with Crippen LogP contribution < -0.4 is 0 Å². The van der Waals surface area contributed by atoms with Gasteiger partial charge in [0.2, 0.25) is 0 Å². The number of thioether (sulfide) groups is 1. The van der Waals surface area contributed by atoms with Crippen molar-refractivity contribution in [3.05, 3.63) is 0 Å². The molecule has 0 aromatic carbocycles. The lowest BCUT2D eigenvalue weighted by Gasteiger charge is -2.28. The molecule has 0 heterocycles. The number of hydrogen-bond donors (Lipinski definition) is 0. The van der Waals surface area contributed by atoms with Crippen LogP contribution in [-0.2, 0) is 38.6 Å². The van der Waals surface area contributed by atoms with Gasteiger partial charge in [-0.25, -0.2) is 19.6 Å². The van der Waals surface area contributed by atoms with Gasteiger partial charge in [0.05, 0.1) is 37.3 Å². The first-order valence-electron chi connectivity index (χ1n) is 11.5. The maximum atomic E-state index is 11.9. The molecule has 0 bridgehead atoms. The number of hydrogen-bond acceptors (Lipinski definition) is 9. The van der Waals surface area contributed by atoms with Crippen LogP contribution in [0.3, 0.4) is 0 Å². The van der Waals surface area contributed by atoms with Gasteiger partial charge in [0.25, 0.3) is 0 Å². The standard InChI is InChI=1S/C24H46O8S/c1-21(2,3)29-31-23(7,8)13-15-27-19(25)11-17-33-18-12-20(26)28-16-14-24(9,10)32-30-22(4,5)6/h11-18H2,1-10H3. The van der Waals surface area contributed by atoms with E-state index in [1.54, 1.807) is 0 Å². The average Bonchev–Trinajstić information content (AvgIpc) is 2.63. The van der Waals surface area contributed by atoms with Crippen LogP contribution in [0.25, 0.3) is 0 Å². The first-order valence-corrected chi connectivity index (χ1v) is 12.7. The van der Waals surface area contributed by atoms with Gasteiger partial charge in [0, 0.05) is 24.3 Å². The van der Waals surface area contributed by atoms with Gasteiger partial charge in [-0.3, -0.25) is 9.59 Å². The summed E-state index contributed by atoms with van der Waals surface area (Å²) in [5, 5.41) is 0. The fourth-order valence-electron chi connectivity index (χ4n) is 1.94. The largest absolute Gasteiger partial charge is 0.466 e. The van der Waals surface area contributed by atoms with E-state index in [9.17, 15) is 9.59 Å². The number of carbonyl (C=O) groups is 2. The summed E-state index contributed by atoms with van der Waals surface area (Å²) in [5.74, 6) is 0.642. The molecule has 33 heavy (non-hydrogen) atoms. The SMILES string of the molecule is CC(C)(C)OOC(C)(C)CCOC(=O)CCSCCC(=O)OCCC(C)(C)OOC(C)(C)C. The van der Waals surface area contributed by atoms with Crippen LogP contribution in [0.1, 0.15) is 94.9 Å². The van der Waals surface area contributed by atoms with Gasteiger partial charge in [0.15, 0.2) is 0 Å². The van der Waals surface area contributed by atoms with Crippen molar-refractivity contribution in [2.75, 3.05) is 24.7 Å². The zero-order valence-electron chi connectivity index (χ0n) is 22.3. The van der Waals surface area contributed by atoms with Crippen molar-refractivity contribution >= 4 is 23.7 Å². The van der Waals surface area contributed by atoms with Crippen LogP contribution in [0.2, 0.25) is 0 Å². The van der Waals surface area contributed by atoms with E-state index in [0.29, 0.717) is 37.2 Å². The van der Waals surface area contributed by atoms with Gasteiger partial charge in [-0.2, -0.15) is 11.8 Å². The first-order chi connectivity index (χ1) is 14.9. The molecule has 0 saturated heterocycles. The minimum Gasteiger partial charge on any atom is -0.466 e. The summed E-state index contributed by atoms with van der Waals surface area (Å²) in [6, 6.07) is 0. The topological polar surface area (TPSA) is 89.5 Å². The maximum absolute atomic E-state index is 11.9. The Labute approximate surface area is 204 Å². The summed E-state index contributed by atoms with van der Waals surface area (Å²) in [4.78, 5) is 45.3. The molecule has 0 aliphatic heterocycles. The Hall–Kier alpha value is -0.870. The summed E-state index contributed by atoms with van der Waals surface area (Å²) in [6.45, 7) is 19.5. The normalized spacial score (nSPS) is 13.2. The second-order valence-corrected chi connectivity index (χ2v) is 12.4. The van der Waals surface area contributed by atoms with Crippen molar-refractivity contribution in [1.82, 2.24) is 0 Å². The lowest BCUT2D eigenvalue weighted by Crippen LogP contribution is -2.32. The third kappa shape index (κ3) is 21.4. The second kappa shape index (κ2) is 14.5. The smallest absolute Gasteiger partial charge is 0.306 e. The van der Waals surface area contributed by atoms with Crippen LogP contribution in [0.4, 0.5) is 0 Å². The molecule has 8 nitrogen and oxygen atoms in total. The van der Waals surface area contributed by atoms with E-state index in [4.69, 9.17) is 29.0 Å². The quantitative estimate of drug-likeness (QED) is 0.121. The average molecular weight is 495 g/mol. The third-order valence-corrected chi connectivity index (χ3v) is 4.86. The van der Waals surface area contributed by atoms with E-state index in [1.807, 2.05) is 69.2 Å². The molecule has 0 atom stereocenters. The predicted octanol–water partition coefficient (Wildman–Crippen LogP) is 5.42. The fraction of sp³-hybridized carbons (Fsp3) is 0.917. The van der Waals surface area contributed by atoms with E-state index in [-0.39, 0.29) is 25.2 Å². The predicted molar refractivity (Wildman–Crippen MR) is 130 cm³/mol. The summed E-state index contributed by atoms with van der Waals surface area (Å²) in [6.07, 6.45) is 1.63. The summed E-state index contributed by atoms with van der Waals surface area (Å²) in [7, 11) is 0. The second-order valence-electron chi connectivity index (χ2n) is 11.1. The minimum atomic E-state index is -0.552. The highest BCUT2D eigenvalue weighted by Gasteiger charge is 2.25. The fourth-order valence-corrected chi connectivity index (χ4v) is 2.76. The number of carbonyl (C=O) groups excluding carboxylic acids is 2. The molecule has 0 N–H and O–H groups in total. The van der Waals surface area contributed by atoms with Gasteiger partial charge in [-0.1, -0.05) is 0 Å². The molecule has 0 unspecified atom stereocenters. The number of esters is 2. The Morgan fingerprint density at radius 1 is 0.576 bits per heavy atom. The molecule has 0 aromatic heterocycles. The Morgan fingerprint density at radius 3 is 1.21 bits per heavy atom. The van der Waals surface area contributed by atoms with Crippen LogP contribution in [0, 0.1) is 0 Å². The minimum absolute atomic E-state index is 0.261. The number of ether oxygens (including phenoxy) is 2. The highest BCUT2D eigenvalue weighted by molar-refractivity contribution is 7.99. The molecule has 0 aliphatic rings. The van der Waals surface area contributed by atoms with Crippen molar-refractivity contribution < 1.29 is 38.6 Å². The van der Waals surface area contributed by atoms with E-state index in [1.165, 1.54) is 11.8 Å². The van der Waals surface area contributed by atoms with Crippen molar-refractivity contribution in [3.8, 4) is 0 Å². The molecule has 0 fully saturated rings. The van der Waals surface area contributed by atoms with E-state index in [0.717, 1.165) is 0 Å². The van der Waals surface area contributed by atoms with Gasteiger partial charge in [-0.15, -0.1) is 0 Å². The van der Waals surface area contributed by atoms with Crippen molar-refractivity contribution in [1.29, 1.82) is 0 Å². The van der Waals surface area contributed by atoms with Gasteiger partial charge in [-0.05, 0) is 69.2 Å². The van der Waals surface area contributed by atoms with Crippen molar-refractivity contribution in [2.24, 2.45) is 0 Å². The van der Waals surface area contributed by atoms with Gasteiger partial charge >= 0.3 is 11.9 Å². The summed E-state index contributed by atoms with van der Waals surface area (Å²) >= 11 is 1.52. The molecule has 0 amide bonds. The maximum Gasteiger partial charge on any atom is 0.306 e. The van der Waals surface area contributed by atoms with Crippen LogP contribution in [-0.4, -0.2) is 59.1 Å². The molecule has 0 saturated carbocycles. The van der Waals surface area contributed by atoms with Gasteiger partial charge < -0.3 is 9.47 Å². The zero-order chi connectivity index (χ0) is 25.8. The van der Waals surface area contributed by atoms with Crippen molar-refractivity contribution in [2.45, 2.75) is 117 Å². The number of rotatable bonds is 16. The van der Waals surface area contributed by atoms with Crippen LogP contribution >= 0.6 is 11.8 Å². The van der Waals surface area contributed by atoms with E-state index in [2.05, 4.69) is 0 Å². The highest BCUT2D eigenvalue weighted by Crippen LogP contribution is 2.20. The molecule has 0 spiro atoms. The highest BCUT2D eigenvalue weighted by atomic mass is 32.2. The Morgan fingerprint density at radius 2 is 0.909 bits per heavy atom. The van der Waals surface area contributed by atoms with Gasteiger partial charge in [0.1, 0.15) is 11.2 Å². The Bertz CT molecular complexity index is 526. The van der Waals surface area contributed by atoms with Crippen LogP contribution in [0.15, 0.2) is 0 Å². The zero-order valence-corrected chi connectivity index (χ0v) is 23.1. The van der Waals surface area contributed by atoms with E-state index < -0.39 is 22.4 Å². The molecule has 196 valence electrons. The monoisotopic (exact) mass is 494 g/mol. The van der Waals surface area contributed by atoms with Crippen LogP contribution in [0.5, 0.6) is 0 Å². The summed E-state index contributed by atoms with van der Waals surface area (Å²) in [5.41, 5.74) is -1.90. The Kier molecular flexibility index (Phi) is 14.1. The first kappa shape index (κ1) is 32.1. The molecule has 0 radical (unpaired) electrons. The van der Waals surface area contributed by atoms with E-state index >= 15 is 0 Å². The Balaban J connectivity index is 3.82. The third-order valence-electron chi connectivity index (χ3n) is 3.87. The molecule has 9 heteroatoms. The molecular formula is C24H46O8S. The lowest BCUT2D eigenvalue weighted by atomic mass is 10.1. The molecule has 0 aliphatic carbocycles. The molecular weight excluding hydrogens is 448 g/mol.